The van der Waals surface area contributed by atoms with Gasteiger partial charge in [0.05, 0.1) is 6.42 Å². The zero-order chi connectivity index (χ0) is 14.5. The molecule has 0 aromatic rings. The van der Waals surface area contributed by atoms with Crippen molar-refractivity contribution >= 4 is 11.9 Å². The van der Waals surface area contributed by atoms with Crippen LogP contribution >= 0.6 is 0 Å². The van der Waals surface area contributed by atoms with Crippen LogP contribution in [0.1, 0.15) is 59.3 Å². The minimum atomic E-state index is -0.703. The standard InChI is InChI=1S/C15H24O4/c1-5-12(16)19-15(9-7-6-8-10-15)11-13(17)18-14(2,3)4/h5H,1,6-11H2,2-4H3. The lowest BCUT2D eigenvalue weighted by molar-refractivity contribution is -0.171. The van der Waals surface area contributed by atoms with Crippen molar-refractivity contribution in [1.82, 2.24) is 0 Å². The van der Waals surface area contributed by atoms with Crippen LogP contribution in [-0.2, 0) is 19.1 Å². The predicted molar refractivity (Wildman–Crippen MR) is 72.6 cm³/mol. The Morgan fingerprint density at radius 1 is 1.21 bits per heavy atom. The summed E-state index contributed by atoms with van der Waals surface area (Å²) in [5.41, 5.74) is -1.22. The number of hydrogen-bond acceptors (Lipinski definition) is 4. The Morgan fingerprint density at radius 3 is 2.26 bits per heavy atom. The van der Waals surface area contributed by atoms with Gasteiger partial charge in [-0.2, -0.15) is 0 Å². The van der Waals surface area contributed by atoms with Crippen LogP contribution in [-0.4, -0.2) is 23.1 Å². The number of hydrogen-bond donors (Lipinski definition) is 0. The largest absolute Gasteiger partial charge is 0.460 e. The van der Waals surface area contributed by atoms with Crippen molar-refractivity contribution in [3.05, 3.63) is 12.7 Å². The molecule has 19 heavy (non-hydrogen) atoms. The minimum absolute atomic E-state index is 0.129. The van der Waals surface area contributed by atoms with E-state index in [1.807, 2.05) is 20.8 Å². The first kappa shape index (κ1) is 15.7. The maximum atomic E-state index is 12.0. The molecule has 4 heteroatoms. The SMILES string of the molecule is C=CC(=O)OC1(CC(=O)OC(C)(C)C)CCCCC1. The maximum absolute atomic E-state index is 12.0. The molecule has 0 spiro atoms. The Hall–Kier alpha value is -1.32. The lowest BCUT2D eigenvalue weighted by Crippen LogP contribution is -2.40. The molecule has 0 aromatic carbocycles. The third-order valence-corrected chi connectivity index (χ3v) is 3.14. The van der Waals surface area contributed by atoms with Gasteiger partial charge in [-0.25, -0.2) is 4.79 Å². The summed E-state index contributed by atoms with van der Waals surface area (Å²) < 4.78 is 10.8. The molecule has 0 radical (unpaired) electrons. The van der Waals surface area contributed by atoms with E-state index < -0.39 is 17.2 Å². The second-order valence-corrected chi connectivity index (χ2v) is 6.13. The monoisotopic (exact) mass is 268 g/mol. The van der Waals surface area contributed by atoms with E-state index in [9.17, 15) is 9.59 Å². The van der Waals surface area contributed by atoms with Gasteiger partial charge in [-0.05, 0) is 46.5 Å². The van der Waals surface area contributed by atoms with Crippen molar-refractivity contribution in [2.75, 3.05) is 0 Å². The predicted octanol–water partition coefficient (Wildman–Crippen LogP) is 3.15. The molecule has 4 nitrogen and oxygen atoms in total. The van der Waals surface area contributed by atoms with Crippen LogP contribution in [0.3, 0.4) is 0 Å². The smallest absolute Gasteiger partial charge is 0.330 e. The summed E-state index contributed by atoms with van der Waals surface area (Å²) in [5, 5.41) is 0. The summed E-state index contributed by atoms with van der Waals surface area (Å²) in [7, 11) is 0. The number of esters is 2. The molecule has 1 fully saturated rings. The van der Waals surface area contributed by atoms with Crippen molar-refractivity contribution in [3.63, 3.8) is 0 Å². The van der Waals surface area contributed by atoms with E-state index in [0.717, 1.165) is 25.3 Å². The van der Waals surface area contributed by atoms with Gasteiger partial charge < -0.3 is 9.47 Å². The topological polar surface area (TPSA) is 52.6 Å². The highest BCUT2D eigenvalue weighted by molar-refractivity contribution is 5.82. The van der Waals surface area contributed by atoms with Crippen molar-refractivity contribution in [3.8, 4) is 0 Å². The number of rotatable bonds is 4. The first-order chi connectivity index (χ1) is 8.76. The Balaban J connectivity index is 2.71. The van der Waals surface area contributed by atoms with Gasteiger partial charge in [0.1, 0.15) is 11.2 Å². The van der Waals surface area contributed by atoms with E-state index in [1.165, 1.54) is 0 Å². The second kappa shape index (κ2) is 6.22. The Morgan fingerprint density at radius 2 is 1.79 bits per heavy atom. The van der Waals surface area contributed by atoms with E-state index >= 15 is 0 Å². The number of carbonyl (C=O) groups is 2. The second-order valence-electron chi connectivity index (χ2n) is 6.13. The molecular formula is C15H24O4. The van der Waals surface area contributed by atoms with Crippen LogP contribution in [0.15, 0.2) is 12.7 Å². The van der Waals surface area contributed by atoms with Crippen LogP contribution in [0.4, 0.5) is 0 Å². The molecule has 0 aliphatic heterocycles. The molecule has 108 valence electrons. The third-order valence-electron chi connectivity index (χ3n) is 3.14. The highest BCUT2D eigenvalue weighted by Crippen LogP contribution is 2.35. The Bertz CT molecular complexity index is 346. The molecule has 1 aliphatic rings. The zero-order valence-electron chi connectivity index (χ0n) is 12.2. The minimum Gasteiger partial charge on any atom is -0.460 e. The van der Waals surface area contributed by atoms with E-state index in [0.29, 0.717) is 12.8 Å². The summed E-state index contributed by atoms with van der Waals surface area (Å²) >= 11 is 0. The first-order valence-corrected chi connectivity index (χ1v) is 6.84. The molecule has 1 rings (SSSR count). The van der Waals surface area contributed by atoms with Crippen LogP contribution in [0.2, 0.25) is 0 Å². The molecule has 1 aliphatic carbocycles. The van der Waals surface area contributed by atoms with Crippen molar-refractivity contribution in [1.29, 1.82) is 0 Å². The van der Waals surface area contributed by atoms with Crippen molar-refractivity contribution in [2.45, 2.75) is 70.5 Å². The highest BCUT2D eigenvalue weighted by atomic mass is 16.6. The molecule has 0 aromatic heterocycles. The lowest BCUT2D eigenvalue weighted by Gasteiger charge is -2.36. The van der Waals surface area contributed by atoms with Gasteiger partial charge in [0.2, 0.25) is 0 Å². The molecule has 0 unspecified atom stereocenters. The summed E-state index contributed by atoms with van der Waals surface area (Å²) in [5.74, 6) is -0.781. The lowest BCUT2D eigenvalue weighted by atomic mass is 9.82. The van der Waals surface area contributed by atoms with Gasteiger partial charge in [0, 0.05) is 6.08 Å². The van der Waals surface area contributed by atoms with Crippen LogP contribution in [0.5, 0.6) is 0 Å². The quantitative estimate of drug-likeness (QED) is 0.580. The van der Waals surface area contributed by atoms with Crippen molar-refractivity contribution < 1.29 is 19.1 Å². The number of ether oxygens (including phenoxy) is 2. The molecule has 1 saturated carbocycles. The van der Waals surface area contributed by atoms with E-state index in [4.69, 9.17) is 9.47 Å². The molecule has 0 amide bonds. The summed E-state index contributed by atoms with van der Waals surface area (Å²) in [4.78, 5) is 23.4. The zero-order valence-corrected chi connectivity index (χ0v) is 12.2. The van der Waals surface area contributed by atoms with Crippen LogP contribution < -0.4 is 0 Å². The van der Waals surface area contributed by atoms with Gasteiger partial charge in [-0.1, -0.05) is 13.0 Å². The molecule has 0 atom stereocenters. The molecule has 0 saturated heterocycles. The van der Waals surface area contributed by atoms with E-state index in [2.05, 4.69) is 6.58 Å². The first-order valence-electron chi connectivity index (χ1n) is 6.84. The summed E-state index contributed by atoms with van der Waals surface area (Å²) in [6.07, 6.45) is 5.75. The van der Waals surface area contributed by atoms with Gasteiger partial charge in [-0.15, -0.1) is 0 Å². The maximum Gasteiger partial charge on any atom is 0.330 e. The van der Waals surface area contributed by atoms with Crippen LogP contribution in [0, 0.1) is 0 Å². The van der Waals surface area contributed by atoms with Gasteiger partial charge in [0.25, 0.3) is 0 Å². The average molecular weight is 268 g/mol. The highest BCUT2D eigenvalue weighted by Gasteiger charge is 2.39. The summed E-state index contributed by atoms with van der Waals surface area (Å²) in [6, 6.07) is 0. The fraction of sp³-hybridized carbons (Fsp3) is 0.733. The van der Waals surface area contributed by atoms with Gasteiger partial charge >= 0.3 is 11.9 Å². The Labute approximate surface area is 115 Å². The molecule has 0 heterocycles. The fourth-order valence-electron chi connectivity index (χ4n) is 2.41. The molecule has 0 bridgehead atoms. The van der Waals surface area contributed by atoms with Crippen LogP contribution in [0.25, 0.3) is 0 Å². The number of carbonyl (C=O) groups excluding carboxylic acids is 2. The summed E-state index contributed by atoms with van der Waals surface area (Å²) in [6.45, 7) is 8.89. The average Bonchev–Trinajstić information content (AvgIpc) is 2.26. The van der Waals surface area contributed by atoms with E-state index in [1.54, 1.807) is 0 Å². The van der Waals surface area contributed by atoms with Crippen molar-refractivity contribution in [2.24, 2.45) is 0 Å². The Kier molecular flexibility index (Phi) is 5.15. The van der Waals surface area contributed by atoms with E-state index in [-0.39, 0.29) is 12.4 Å². The third kappa shape index (κ3) is 5.45. The molecule has 0 N–H and O–H groups in total. The normalized spacial score (nSPS) is 18.5. The van der Waals surface area contributed by atoms with Gasteiger partial charge in [-0.3, -0.25) is 4.79 Å². The molecular weight excluding hydrogens is 244 g/mol. The fourth-order valence-corrected chi connectivity index (χ4v) is 2.41. The van der Waals surface area contributed by atoms with Gasteiger partial charge in [0.15, 0.2) is 0 Å².